The second-order valence-electron chi connectivity index (χ2n) is 7.18. The number of para-hydroxylation sites is 2. The molecule has 6 heteroatoms. The first-order chi connectivity index (χ1) is 15.3. The van der Waals surface area contributed by atoms with Crippen molar-refractivity contribution in [1.82, 2.24) is 19.6 Å². The molecule has 6 aromatic rings. The SMILES string of the molecule is Fc1ccc(-c2nnc(-c3ccn4c(nc5ccccc54)c3-c3ccccc3)o2)cc1. The molecule has 3 aromatic carbocycles. The van der Waals surface area contributed by atoms with Crippen molar-refractivity contribution in [2.45, 2.75) is 0 Å². The van der Waals surface area contributed by atoms with Crippen LogP contribution in [0.25, 0.3) is 50.7 Å². The lowest BCUT2D eigenvalue weighted by Gasteiger charge is -2.09. The summed E-state index contributed by atoms with van der Waals surface area (Å²) in [5.41, 5.74) is 6.11. The molecule has 0 amide bonds. The van der Waals surface area contributed by atoms with Crippen LogP contribution in [-0.2, 0) is 0 Å². The van der Waals surface area contributed by atoms with Crippen LogP contribution in [0.2, 0.25) is 0 Å². The minimum Gasteiger partial charge on any atom is -0.416 e. The van der Waals surface area contributed by atoms with Gasteiger partial charge in [0.2, 0.25) is 11.8 Å². The second-order valence-corrected chi connectivity index (χ2v) is 7.18. The summed E-state index contributed by atoms with van der Waals surface area (Å²) in [7, 11) is 0. The highest BCUT2D eigenvalue weighted by Gasteiger charge is 2.20. The molecule has 0 aliphatic rings. The van der Waals surface area contributed by atoms with Crippen LogP contribution >= 0.6 is 0 Å². The summed E-state index contributed by atoms with van der Waals surface area (Å²) in [6.45, 7) is 0. The van der Waals surface area contributed by atoms with E-state index in [1.807, 2.05) is 66.9 Å². The maximum atomic E-state index is 13.3. The average Bonchev–Trinajstić information content (AvgIpc) is 3.45. The Kier molecular flexibility index (Phi) is 3.89. The molecule has 3 heterocycles. The number of hydrogen-bond donors (Lipinski definition) is 0. The molecular formula is C25H15FN4O. The van der Waals surface area contributed by atoms with Crippen LogP contribution in [0.15, 0.2) is 95.5 Å². The third kappa shape index (κ3) is 2.88. The lowest BCUT2D eigenvalue weighted by Crippen LogP contribution is -1.93. The van der Waals surface area contributed by atoms with Gasteiger partial charge >= 0.3 is 0 Å². The number of pyridine rings is 1. The van der Waals surface area contributed by atoms with Gasteiger partial charge in [-0.1, -0.05) is 42.5 Å². The highest BCUT2D eigenvalue weighted by atomic mass is 19.1. The Balaban J connectivity index is 1.60. The molecule has 31 heavy (non-hydrogen) atoms. The van der Waals surface area contributed by atoms with E-state index in [0.29, 0.717) is 17.3 Å². The Morgan fingerprint density at radius 2 is 1.45 bits per heavy atom. The first kappa shape index (κ1) is 17.5. The number of benzene rings is 3. The van der Waals surface area contributed by atoms with Crippen molar-refractivity contribution in [2.75, 3.05) is 0 Å². The molecule has 0 fully saturated rings. The van der Waals surface area contributed by atoms with Crippen molar-refractivity contribution >= 4 is 16.7 Å². The van der Waals surface area contributed by atoms with Gasteiger partial charge in [-0.05, 0) is 48.0 Å². The van der Waals surface area contributed by atoms with E-state index in [1.165, 1.54) is 12.1 Å². The molecule has 0 aliphatic carbocycles. The van der Waals surface area contributed by atoms with Gasteiger partial charge in [-0.2, -0.15) is 0 Å². The van der Waals surface area contributed by atoms with Gasteiger partial charge in [0.25, 0.3) is 0 Å². The average molecular weight is 406 g/mol. The van der Waals surface area contributed by atoms with Crippen LogP contribution in [0.4, 0.5) is 4.39 Å². The van der Waals surface area contributed by atoms with Crippen molar-refractivity contribution in [1.29, 1.82) is 0 Å². The van der Waals surface area contributed by atoms with Crippen LogP contribution in [0.1, 0.15) is 0 Å². The molecule has 0 aliphatic heterocycles. The van der Waals surface area contributed by atoms with E-state index in [9.17, 15) is 4.39 Å². The maximum Gasteiger partial charge on any atom is 0.248 e. The van der Waals surface area contributed by atoms with Crippen molar-refractivity contribution in [3.63, 3.8) is 0 Å². The Hall–Kier alpha value is -4.32. The summed E-state index contributed by atoms with van der Waals surface area (Å²) < 4.78 is 21.3. The molecule has 0 radical (unpaired) electrons. The van der Waals surface area contributed by atoms with Crippen LogP contribution < -0.4 is 0 Å². The van der Waals surface area contributed by atoms with E-state index in [4.69, 9.17) is 9.40 Å². The number of fused-ring (bicyclic) bond motifs is 3. The number of imidazole rings is 1. The molecule has 0 spiro atoms. The number of hydrogen-bond acceptors (Lipinski definition) is 4. The van der Waals surface area contributed by atoms with E-state index in [1.54, 1.807) is 12.1 Å². The lowest BCUT2D eigenvalue weighted by molar-refractivity contribution is 0.584. The summed E-state index contributed by atoms with van der Waals surface area (Å²) >= 11 is 0. The molecular weight excluding hydrogens is 391 g/mol. The third-order valence-electron chi connectivity index (χ3n) is 5.29. The Labute approximate surface area is 176 Å². The number of aromatic nitrogens is 4. The van der Waals surface area contributed by atoms with E-state index >= 15 is 0 Å². The Bertz CT molecular complexity index is 1540. The molecule has 0 N–H and O–H groups in total. The van der Waals surface area contributed by atoms with E-state index < -0.39 is 0 Å². The number of nitrogens with zero attached hydrogens (tertiary/aromatic N) is 4. The largest absolute Gasteiger partial charge is 0.416 e. The lowest BCUT2D eigenvalue weighted by atomic mass is 10.0. The van der Waals surface area contributed by atoms with Gasteiger partial charge in [-0.25, -0.2) is 9.37 Å². The topological polar surface area (TPSA) is 56.2 Å². The zero-order valence-electron chi connectivity index (χ0n) is 16.2. The fourth-order valence-electron chi connectivity index (χ4n) is 3.83. The highest BCUT2D eigenvalue weighted by Crippen LogP contribution is 2.36. The summed E-state index contributed by atoms with van der Waals surface area (Å²) in [4.78, 5) is 4.88. The van der Waals surface area contributed by atoms with Gasteiger partial charge in [-0.3, -0.25) is 4.40 Å². The normalized spacial score (nSPS) is 11.4. The third-order valence-corrected chi connectivity index (χ3v) is 5.29. The summed E-state index contributed by atoms with van der Waals surface area (Å²) in [5.74, 6) is 0.404. The maximum absolute atomic E-state index is 13.3. The Morgan fingerprint density at radius 1 is 0.710 bits per heavy atom. The van der Waals surface area contributed by atoms with Gasteiger partial charge in [0.05, 0.1) is 16.6 Å². The van der Waals surface area contributed by atoms with E-state index in [-0.39, 0.29) is 5.82 Å². The van der Waals surface area contributed by atoms with E-state index in [0.717, 1.165) is 33.4 Å². The Morgan fingerprint density at radius 3 is 2.29 bits per heavy atom. The molecule has 0 unspecified atom stereocenters. The van der Waals surface area contributed by atoms with Crippen molar-refractivity contribution in [3.8, 4) is 34.0 Å². The molecule has 0 atom stereocenters. The predicted molar refractivity (Wildman–Crippen MR) is 117 cm³/mol. The number of halogens is 1. The van der Waals surface area contributed by atoms with Gasteiger partial charge in [0, 0.05) is 17.3 Å². The summed E-state index contributed by atoms with van der Waals surface area (Å²) in [6, 6.07) is 26.0. The first-order valence-electron chi connectivity index (χ1n) is 9.83. The smallest absolute Gasteiger partial charge is 0.248 e. The molecule has 6 rings (SSSR count). The highest BCUT2D eigenvalue weighted by molar-refractivity contribution is 5.94. The van der Waals surface area contributed by atoms with Crippen LogP contribution in [-0.4, -0.2) is 19.6 Å². The van der Waals surface area contributed by atoms with Crippen molar-refractivity contribution in [2.24, 2.45) is 0 Å². The van der Waals surface area contributed by atoms with E-state index in [2.05, 4.69) is 14.6 Å². The number of rotatable bonds is 3. The fraction of sp³-hybridized carbons (Fsp3) is 0. The quantitative estimate of drug-likeness (QED) is 0.361. The predicted octanol–water partition coefficient (Wildman–Crippen LogP) is 6.01. The van der Waals surface area contributed by atoms with Gasteiger partial charge in [0.1, 0.15) is 11.5 Å². The van der Waals surface area contributed by atoms with Gasteiger partial charge in [-0.15, -0.1) is 10.2 Å². The van der Waals surface area contributed by atoms with Gasteiger partial charge < -0.3 is 4.42 Å². The molecule has 5 nitrogen and oxygen atoms in total. The zero-order chi connectivity index (χ0) is 20.8. The summed E-state index contributed by atoms with van der Waals surface area (Å²) in [5, 5.41) is 8.47. The van der Waals surface area contributed by atoms with Crippen molar-refractivity contribution in [3.05, 3.63) is 96.9 Å². The molecule has 3 aromatic heterocycles. The molecule has 0 saturated carbocycles. The van der Waals surface area contributed by atoms with Crippen LogP contribution in [0, 0.1) is 5.82 Å². The second kappa shape index (κ2) is 6.88. The zero-order valence-corrected chi connectivity index (χ0v) is 16.2. The summed E-state index contributed by atoms with van der Waals surface area (Å²) in [6.07, 6.45) is 1.97. The standard InChI is InChI=1S/C25H15FN4O/c26-18-12-10-17(11-13-18)24-28-29-25(31-24)19-14-15-30-21-9-5-4-8-20(21)27-23(30)22(19)16-6-2-1-3-7-16/h1-15H. The van der Waals surface area contributed by atoms with Crippen LogP contribution in [0.5, 0.6) is 0 Å². The molecule has 0 bridgehead atoms. The van der Waals surface area contributed by atoms with Gasteiger partial charge in [0.15, 0.2) is 0 Å². The molecule has 148 valence electrons. The van der Waals surface area contributed by atoms with Crippen LogP contribution in [0.3, 0.4) is 0 Å². The monoisotopic (exact) mass is 406 g/mol. The fourth-order valence-corrected chi connectivity index (χ4v) is 3.83. The first-order valence-corrected chi connectivity index (χ1v) is 9.83. The molecule has 0 saturated heterocycles. The van der Waals surface area contributed by atoms with Crippen molar-refractivity contribution < 1.29 is 8.81 Å². The minimum atomic E-state index is -0.313. The minimum absolute atomic E-state index is 0.313.